The number of aryl methyl sites for hydroxylation is 1. The summed E-state index contributed by atoms with van der Waals surface area (Å²) in [6.45, 7) is 9.98. The van der Waals surface area contributed by atoms with E-state index in [1.165, 1.54) is 7.11 Å². The molecule has 11 nitrogen and oxygen atoms in total. The van der Waals surface area contributed by atoms with Crippen LogP contribution in [-0.4, -0.2) is 96.2 Å². The Labute approximate surface area is 276 Å². The number of nitrogens with one attached hydrogen (secondary N) is 2. The Morgan fingerprint density at radius 2 is 1.85 bits per heavy atom. The van der Waals surface area contributed by atoms with Crippen molar-refractivity contribution in [3.8, 4) is 23.1 Å². The lowest BCUT2D eigenvalue weighted by molar-refractivity contribution is -0.137. The summed E-state index contributed by atoms with van der Waals surface area (Å²) >= 11 is 0. The summed E-state index contributed by atoms with van der Waals surface area (Å²) < 4.78 is 91.1. The monoisotopic (exact) mass is 682 g/mol. The summed E-state index contributed by atoms with van der Waals surface area (Å²) in [4.78, 5) is 19.0. The van der Waals surface area contributed by atoms with E-state index in [1.54, 1.807) is 6.92 Å². The predicted octanol–water partition coefficient (Wildman–Crippen LogP) is 5.16. The zero-order valence-electron chi connectivity index (χ0n) is 27.8. The van der Waals surface area contributed by atoms with Gasteiger partial charge in [0.25, 0.3) is 0 Å². The molecule has 0 amide bonds. The van der Waals surface area contributed by atoms with Gasteiger partial charge in [0.15, 0.2) is 5.82 Å². The van der Waals surface area contributed by atoms with Gasteiger partial charge in [-0.25, -0.2) is 18.7 Å². The van der Waals surface area contributed by atoms with E-state index in [2.05, 4.69) is 30.6 Å². The Bertz CT molecular complexity index is 1610. The number of anilines is 2. The van der Waals surface area contributed by atoms with Gasteiger partial charge in [0.05, 0.1) is 24.0 Å². The summed E-state index contributed by atoms with van der Waals surface area (Å²) in [7, 11) is 1.49. The number of hydrogen-bond donors (Lipinski definition) is 3. The fourth-order valence-electron chi connectivity index (χ4n) is 6.14. The van der Waals surface area contributed by atoms with Gasteiger partial charge in [-0.2, -0.15) is 23.1 Å². The Hall–Kier alpha value is -3.63. The van der Waals surface area contributed by atoms with E-state index in [0.717, 1.165) is 25.8 Å². The molecule has 3 aromatic rings. The van der Waals surface area contributed by atoms with Gasteiger partial charge in [-0.05, 0) is 45.7 Å². The van der Waals surface area contributed by atoms with Gasteiger partial charge in [0.1, 0.15) is 40.5 Å². The molecule has 0 aromatic carbocycles. The maximum Gasteiger partial charge on any atom is 0.418 e. The number of likely N-dealkylation sites (tertiary alicyclic amines) is 1. The highest BCUT2D eigenvalue weighted by Gasteiger charge is 2.47. The molecule has 264 valence electrons. The van der Waals surface area contributed by atoms with Crippen LogP contribution in [0.4, 0.5) is 33.6 Å². The zero-order valence-corrected chi connectivity index (χ0v) is 27.8. The Morgan fingerprint density at radius 1 is 1.10 bits per heavy atom. The molecule has 1 saturated carbocycles. The van der Waals surface area contributed by atoms with Crippen LogP contribution in [0, 0.1) is 18.2 Å². The molecule has 1 aliphatic carbocycles. The number of nitrogens with zero attached hydrogens (tertiary/aromatic N) is 5. The van der Waals surface area contributed by atoms with Crippen LogP contribution in [0.1, 0.15) is 51.3 Å². The summed E-state index contributed by atoms with van der Waals surface area (Å²) in [5, 5.41) is 6.50. The first-order valence-electron chi connectivity index (χ1n) is 16.3. The fourth-order valence-corrected chi connectivity index (χ4v) is 6.14. The third kappa shape index (κ3) is 7.65. The molecule has 0 spiro atoms. The van der Waals surface area contributed by atoms with Crippen molar-refractivity contribution >= 4 is 22.5 Å². The van der Waals surface area contributed by atoms with E-state index < -0.39 is 52.9 Å². The lowest BCUT2D eigenvalue weighted by Crippen LogP contribution is -2.33. The Morgan fingerprint density at radius 3 is 2.52 bits per heavy atom. The first-order valence-corrected chi connectivity index (χ1v) is 16.3. The van der Waals surface area contributed by atoms with Gasteiger partial charge in [-0.15, -0.1) is 0 Å². The second-order valence-electron chi connectivity index (χ2n) is 12.4. The molecular weight excluding hydrogens is 639 g/mol. The molecule has 6 rings (SSSR count). The first kappa shape index (κ1) is 35.7. The molecule has 3 unspecified atom stereocenters. The van der Waals surface area contributed by atoms with Gasteiger partial charge in [0, 0.05) is 50.8 Å². The number of nitrogens with two attached hydrogens (primary N) is 1. The Balaban J connectivity index is 0.00000221. The molecule has 16 heteroatoms. The molecule has 3 aliphatic rings. The molecule has 0 radical (unpaired) electrons. The van der Waals surface area contributed by atoms with Crippen molar-refractivity contribution in [2.75, 3.05) is 64.0 Å². The topological polar surface area (TPSA) is 133 Å². The zero-order chi connectivity index (χ0) is 34.8. The quantitative estimate of drug-likeness (QED) is 0.286. The largest absolute Gasteiger partial charge is 0.474 e. The average molecular weight is 683 g/mol. The highest BCUT2D eigenvalue weighted by molar-refractivity contribution is 5.96. The third-order valence-corrected chi connectivity index (χ3v) is 8.73. The number of rotatable bonds is 7. The molecule has 2 aliphatic heterocycles. The number of alkyl halides is 4. The molecule has 2 fully saturated rings. The van der Waals surface area contributed by atoms with Crippen molar-refractivity contribution in [3.05, 3.63) is 23.1 Å². The normalized spacial score (nSPS) is 22.6. The molecule has 1 saturated heterocycles. The van der Waals surface area contributed by atoms with Crippen LogP contribution >= 0.6 is 0 Å². The van der Waals surface area contributed by atoms with E-state index in [-0.39, 0.29) is 53.0 Å². The van der Waals surface area contributed by atoms with Crippen LogP contribution in [0.3, 0.4) is 0 Å². The summed E-state index contributed by atoms with van der Waals surface area (Å²) in [5.41, 5.74) is 2.45. The minimum absolute atomic E-state index is 0.0763. The van der Waals surface area contributed by atoms with Crippen molar-refractivity contribution in [2.45, 2.75) is 71.5 Å². The van der Waals surface area contributed by atoms with Gasteiger partial charge < -0.3 is 30.6 Å². The lowest BCUT2D eigenvalue weighted by Gasteiger charge is -2.23. The molecule has 0 bridgehead atoms. The number of halogens is 5. The van der Waals surface area contributed by atoms with Crippen LogP contribution in [-0.2, 0) is 10.9 Å². The van der Waals surface area contributed by atoms with Crippen LogP contribution < -0.4 is 25.8 Å². The van der Waals surface area contributed by atoms with Gasteiger partial charge in [-0.1, -0.05) is 13.8 Å². The van der Waals surface area contributed by atoms with Gasteiger partial charge in [-0.3, -0.25) is 4.90 Å². The number of nitrogen functional groups attached to an aromatic ring is 1. The predicted molar refractivity (Wildman–Crippen MR) is 171 cm³/mol. The number of hydrogen-bond acceptors (Lipinski definition) is 11. The van der Waals surface area contributed by atoms with E-state index >= 15 is 4.39 Å². The average Bonchev–Trinajstić information content (AvgIpc) is 3.71. The lowest BCUT2D eigenvalue weighted by atomic mass is 10.0. The van der Waals surface area contributed by atoms with E-state index in [0.29, 0.717) is 39.1 Å². The van der Waals surface area contributed by atoms with Crippen molar-refractivity contribution in [1.29, 1.82) is 0 Å². The minimum atomic E-state index is -4.88. The number of aromatic nitrogens is 4. The summed E-state index contributed by atoms with van der Waals surface area (Å²) in [5.74, 6) is -1.31. The minimum Gasteiger partial charge on any atom is -0.474 e. The second-order valence-corrected chi connectivity index (χ2v) is 12.4. The number of pyridine rings is 2. The van der Waals surface area contributed by atoms with E-state index in [9.17, 15) is 17.6 Å². The van der Waals surface area contributed by atoms with Gasteiger partial charge in [0.2, 0.25) is 5.88 Å². The molecule has 5 heterocycles. The first-order chi connectivity index (χ1) is 22.9. The number of methoxy groups -OCH3 is 1. The van der Waals surface area contributed by atoms with Crippen LogP contribution in [0.5, 0.6) is 11.9 Å². The van der Waals surface area contributed by atoms with Crippen LogP contribution in [0.15, 0.2) is 6.07 Å². The number of ether oxygens (including phenoxy) is 3. The van der Waals surface area contributed by atoms with Gasteiger partial charge >= 0.3 is 12.2 Å². The summed E-state index contributed by atoms with van der Waals surface area (Å²) in [6, 6.07) is 0.779. The van der Waals surface area contributed by atoms with Crippen molar-refractivity contribution in [2.24, 2.45) is 5.41 Å². The standard InChI is InChI=1S/C30H37F5N8O3.C2H6/c1-15-4-7-37-8-9-38-26-21-25(41-28(42-26)45-14-29(5-6-29)13-43-11-18(31)19(12-43)44-3)23(32)24(40-27(21)46-15)17-10-20(36)39-16(2)22(17)30(33,34)35;1-2/h10,15,18-19,37H,4-9,11-14H2,1-3H3,(H2,36,39)(H,38,41,42);1-2H3. The molecule has 3 aromatic heterocycles. The maximum absolute atomic E-state index is 16.6. The molecular formula is C32H43F5N8O3. The fraction of sp³-hybridized carbons (Fsp3) is 0.625. The van der Waals surface area contributed by atoms with Crippen molar-refractivity contribution in [3.63, 3.8) is 0 Å². The smallest absolute Gasteiger partial charge is 0.418 e. The van der Waals surface area contributed by atoms with E-state index in [4.69, 9.17) is 19.9 Å². The molecule has 4 N–H and O–H groups in total. The molecule has 3 atom stereocenters. The second kappa shape index (κ2) is 14.5. The van der Waals surface area contributed by atoms with E-state index in [1.807, 2.05) is 18.7 Å². The van der Waals surface area contributed by atoms with Crippen LogP contribution in [0.2, 0.25) is 0 Å². The third-order valence-electron chi connectivity index (χ3n) is 8.73. The van der Waals surface area contributed by atoms with Crippen LogP contribution in [0.25, 0.3) is 22.2 Å². The molecule has 48 heavy (non-hydrogen) atoms. The maximum atomic E-state index is 16.6. The van der Waals surface area contributed by atoms with Crippen molar-refractivity contribution in [1.82, 2.24) is 30.2 Å². The SMILES string of the molecule is CC.COC1CN(CC2(COc3nc4c5c(nc(-c6cc(N)nc(C)c6C(F)(F)F)c(F)c5n3)OC(C)CCNCCN4)CC2)CC1F. The highest BCUT2D eigenvalue weighted by atomic mass is 19.4. The Kier molecular flexibility index (Phi) is 10.7. The highest BCUT2D eigenvalue weighted by Crippen LogP contribution is 2.48. The van der Waals surface area contributed by atoms with Crippen molar-refractivity contribution < 1.29 is 36.2 Å². The summed E-state index contributed by atoms with van der Waals surface area (Å²) in [6.07, 6.45) is -4.65.